The van der Waals surface area contributed by atoms with Crippen molar-refractivity contribution in [3.63, 3.8) is 0 Å². The summed E-state index contributed by atoms with van der Waals surface area (Å²) in [5.74, 6) is 0.939. The highest BCUT2D eigenvalue weighted by Gasteiger charge is 2.36. The maximum atomic E-state index is 12.9. The number of hydrogen-bond donors (Lipinski definition) is 1. The average Bonchev–Trinajstić information content (AvgIpc) is 3.49. The maximum Gasteiger partial charge on any atom is 0.231 e. The van der Waals surface area contributed by atoms with Crippen molar-refractivity contribution in [1.29, 1.82) is 0 Å². The quantitative estimate of drug-likeness (QED) is 0.721. The van der Waals surface area contributed by atoms with Gasteiger partial charge in [-0.1, -0.05) is 25.2 Å². The molecule has 3 aliphatic heterocycles. The first-order valence-electron chi connectivity index (χ1n) is 11.1. The number of benzene rings is 1. The van der Waals surface area contributed by atoms with Crippen molar-refractivity contribution in [2.24, 2.45) is 11.8 Å². The smallest absolute Gasteiger partial charge is 0.231 e. The number of rotatable bonds is 5. The number of amides is 3. The van der Waals surface area contributed by atoms with Gasteiger partial charge in [0.1, 0.15) is 0 Å². The first kappa shape index (κ1) is 21.7. The number of fused-ring (bicyclic) bond motifs is 2. The third-order valence-corrected chi connectivity index (χ3v) is 7.06. The monoisotopic (exact) mass is 470 g/mol. The Kier molecular flexibility index (Phi) is 5.69. The lowest BCUT2D eigenvalue weighted by molar-refractivity contribution is -0.132. The summed E-state index contributed by atoms with van der Waals surface area (Å²) in [5, 5.41) is 3.42. The van der Waals surface area contributed by atoms with Crippen LogP contribution in [0.25, 0.3) is 0 Å². The number of anilines is 2. The van der Waals surface area contributed by atoms with E-state index in [0.29, 0.717) is 60.7 Å². The van der Waals surface area contributed by atoms with Crippen molar-refractivity contribution in [3.8, 4) is 11.5 Å². The van der Waals surface area contributed by atoms with E-state index in [2.05, 4.69) is 10.3 Å². The van der Waals surface area contributed by atoms with Gasteiger partial charge in [-0.05, 0) is 18.1 Å². The van der Waals surface area contributed by atoms with E-state index in [1.54, 1.807) is 23.1 Å². The Morgan fingerprint density at radius 1 is 1.27 bits per heavy atom. The molecule has 0 bridgehead atoms. The number of aromatic nitrogens is 1. The Balaban J connectivity index is 1.22. The molecule has 5 rings (SSSR count). The van der Waals surface area contributed by atoms with Crippen LogP contribution >= 0.6 is 11.3 Å². The number of carbonyl (C=O) groups is 3. The summed E-state index contributed by atoms with van der Waals surface area (Å²) >= 11 is 1.41. The van der Waals surface area contributed by atoms with E-state index in [-0.39, 0.29) is 30.9 Å². The normalized spacial score (nSPS) is 19.2. The number of thiazole rings is 1. The summed E-state index contributed by atoms with van der Waals surface area (Å²) in [6.07, 6.45) is 1.36. The highest BCUT2D eigenvalue weighted by Crippen LogP contribution is 2.37. The maximum absolute atomic E-state index is 12.9. The van der Waals surface area contributed by atoms with Crippen molar-refractivity contribution in [1.82, 2.24) is 9.88 Å². The molecule has 0 saturated carbocycles. The van der Waals surface area contributed by atoms with Crippen LogP contribution in [0.15, 0.2) is 18.2 Å². The fourth-order valence-corrected chi connectivity index (χ4v) is 5.36. The number of hydrogen-bond acceptors (Lipinski definition) is 7. The van der Waals surface area contributed by atoms with Gasteiger partial charge in [0.15, 0.2) is 16.6 Å². The van der Waals surface area contributed by atoms with Crippen LogP contribution in [0.3, 0.4) is 0 Å². The third kappa shape index (κ3) is 4.39. The second-order valence-corrected chi connectivity index (χ2v) is 10.1. The molecule has 4 heterocycles. The molecule has 1 saturated heterocycles. The van der Waals surface area contributed by atoms with Crippen molar-refractivity contribution < 1.29 is 23.9 Å². The van der Waals surface area contributed by atoms with Gasteiger partial charge in [-0.15, -0.1) is 0 Å². The molecular weight excluding hydrogens is 444 g/mol. The van der Waals surface area contributed by atoms with Crippen LogP contribution in [-0.2, 0) is 27.3 Å². The molecule has 0 radical (unpaired) electrons. The molecule has 1 aromatic heterocycles. The fraction of sp³-hybridized carbons (Fsp3) is 0.478. The number of nitrogens with one attached hydrogen (secondary N) is 1. The molecule has 9 nitrogen and oxygen atoms in total. The van der Waals surface area contributed by atoms with E-state index >= 15 is 0 Å². The SMILES string of the molecule is CC(C)CC(=O)N1CCc2nc(NC(=O)C3CC(=O)N(c4ccc5c(c4)OCO5)C3)sc2C1. The summed E-state index contributed by atoms with van der Waals surface area (Å²) in [4.78, 5) is 47.0. The number of carbonyl (C=O) groups excluding carboxylic acids is 3. The minimum atomic E-state index is -0.465. The van der Waals surface area contributed by atoms with Crippen molar-refractivity contribution >= 4 is 39.9 Å². The van der Waals surface area contributed by atoms with Crippen LogP contribution in [0.1, 0.15) is 37.3 Å². The molecule has 2 aromatic rings. The first-order valence-corrected chi connectivity index (χ1v) is 12.0. The summed E-state index contributed by atoms with van der Waals surface area (Å²) < 4.78 is 10.7. The van der Waals surface area contributed by atoms with E-state index in [4.69, 9.17) is 9.47 Å². The van der Waals surface area contributed by atoms with Gasteiger partial charge < -0.3 is 24.6 Å². The Morgan fingerprint density at radius 3 is 2.91 bits per heavy atom. The minimum Gasteiger partial charge on any atom is -0.454 e. The molecule has 1 unspecified atom stereocenters. The second-order valence-electron chi connectivity index (χ2n) is 8.98. The molecule has 3 aliphatic rings. The lowest BCUT2D eigenvalue weighted by Gasteiger charge is -2.26. The molecule has 1 N–H and O–H groups in total. The summed E-state index contributed by atoms with van der Waals surface area (Å²) in [6.45, 7) is 5.72. The number of ether oxygens (including phenoxy) is 2. The number of nitrogens with zero attached hydrogens (tertiary/aromatic N) is 3. The molecule has 0 aliphatic carbocycles. The van der Waals surface area contributed by atoms with Crippen molar-refractivity contribution in [3.05, 3.63) is 28.8 Å². The lowest BCUT2D eigenvalue weighted by atomic mass is 10.1. The van der Waals surface area contributed by atoms with Crippen LogP contribution in [0.4, 0.5) is 10.8 Å². The molecule has 3 amide bonds. The molecule has 10 heteroatoms. The van der Waals surface area contributed by atoms with Gasteiger partial charge in [-0.3, -0.25) is 14.4 Å². The van der Waals surface area contributed by atoms with Gasteiger partial charge in [-0.2, -0.15) is 0 Å². The molecular formula is C23H26N4O5S. The largest absolute Gasteiger partial charge is 0.454 e. The van der Waals surface area contributed by atoms with Crippen molar-refractivity contribution in [2.45, 2.75) is 39.7 Å². The van der Waals surface area contributed by atoms with Crippen LogP contribution in [-0.4, -0.2) is 47.5 Å². The summed E-state index contributed by atoms with van der Waals surface area (Å²) in [5.41, 5.74) is 1.63. The minimum absolute atomic E-state index is 0.105. The third-order valence-electron chi connectivity index (χ3n) is 6.06. The Bertz CT molecular complexity index is 1110. The zero-order chi connectivity index (χ0) is 23.1. The van der Waals surface area contributed by atoms with Gasteiger partial charge >= 0.3 is 0 Å². The summed E-state index contributed by atoms with van der Waals surface area (Å²) in [7, 11) is 0. The van der Waals surface area contributed by atoms with Crippen LogP contribution < -0.4 is 19.7 Å². The van der Waals surface area contributed by atoms with Gasteiger partial charge in [0.25, 0.3) is 0 Å². The van der Waals surface area contributed by atoms with Crippen LogP contribution in [0, 0.1) is 11.8 Å². The first-order chi connectivity index (χ1) is 15.9. The van der Waals surface area contributed by atoms with Crippen LogP contribution in [0.2, 0.25) is 0 Å². The topological polar surface area (TPSA) is 101 Å². The molecule has 1 fully saturated rings. The molecule has 1 atom stereocenters. The fourth-order valence-electron chi connectivity index (χ4n) is 4.33. The van der Waals surface area contributed by atoms with E-state index in [1.807, 2.05) is 18.7 Å². The predicted molar refractivity (Wildman–Crippen MR) is 122 cm³/mol. The van der Waals surface area contributed by atoms with Gasteiger partial charge in [-0.25, -0.2) is 4.98 Å². The zero-order valence-electron chi connectivity index (χ0n) is 18.6. The van der Waals surface area contributed by atoms with Crippen LogP contribution in [0.5, 0.6) is 11.5 Å². The van der Waals surface area contributed by atoms with E-state index in [9.17, 15) is 14.4 Å². The average molecular weight is 471 g/mol. The molecule has 33 heavy (non-hydrogen) atoms. The predicted octanol–water partition coefficient (Wildman–Crippen LogP) is 2.79. The van der Waals surface area contributed by atoms with E-state index in [0.717, 1.165) is 10.6 Å². The highest BCUT2D eigenvalue weighted by atomic mass is 32.1. The van der Waals surface area contributed by atoms with Gasteiger partial charge in [0, 0.05) is 49.0 Å². The van der Waals surface area contributed by atoms with Gasteiger partial charge in [0.2, 0.25) is 24.5 Å². The van der Waals surface area contributed by atoms with Crippen molar-refractivity contribution in [2.75, 3.05) is 30.1 Å². The van der Waals surface area contributed by atoms with E-state index in [1.165, 1.54) is 11.3 Å². The summed E-state index contributed by atoms with van der Waals surface area (Å²) in [6, 6.07) is 5.34. The lowest BCUT2D eigenvalue weighted by Crippen LogP contribution is -2.36. The molecule has 0 spiro atoms. The Hall–Kier alpha value is -3.14. The standard InChI is InChI=1S/C23H26N4O5S/c1-13(2)7-20(28)26-6-5-16-19(11-26)33-23(24-16)25-22(30)14-8-21(29)27(10-14)15-3-4-17-18(9-15)32-12-31-17/h3-4,9,13-14H,5-8,10-12H2,1-2H3,(H,24,25,30). The molecule has 1 aromatic carbocycles. The van der Waals surface area contributed by atoms with Gasteiger partial charge in [0.05, 0.1) is 18.2 Å². The highest BCUT2D eigenvalue weighted by molar-refractivity contribution is 7.15. The molecule has 174 valence electrons. The Morgan fingerprint density at radius 2 is 2.09 bits per heavy atom. The Labute approximate surface area is 195 Å². The van der Waals surface area contributed by atoms with E-state index < -0.39 is 5.92 Å². The second kappa shape index (κ2) is 8.66. The zero-order valence-corrected chi connectivity index (χ0v) is 19.4.